The highest BCUT2D eigenvalue weighted by atomic mass is 79.9. The molecule has 21 heavy (non-hydrogen) atoms. The largest absolute Gasteiger partial charge is 0.389 e. The number of rotatable bonds is 5. The van der Waals surface area contributed by atoms with Gasteiger partial charge < -0.3 is 16.0 Å². The van der Waals surface area contributed by atoms with Gasteiger partial charge in [0.15, 0.2) is 0 Å². The number of nitrogens with zero attached hydrogens (tertiary/aromatic N) is 1. The van der Waals surface area contributed by atoms with Crippen LogP contribution in [-0.2, 0) is 4.79 Å². The molecule has 0 radical (unpaired) electrons. The third kappa shape index (κ3) is 4.68. The van der Waals surface area contributed by atoms with E-state index in [-0.39, 0.29) is 5.91 Å². The summed E-state index contributed by atoms with van der Waals surface area (Å²) in [6.07, 6.45) is 3.97. The van der Waals surface area contributed by atoms with E-state index >= 15 is 0 Å². The molecule has 1 amide bonds. The van der Waals surface area contributed by atoms with Gasteiger partial charge in [0.2, 0.25) is 5.91 Å². The van der Waals surface area contributed by atoms with Crippen LogP contribution in [0.1, 0.15) is 31.2 Å². The van der Waals surface area contributed by atoms with Crippen molar-refractivity contribution in [3.8, 4) is 0 Å². The van der Waals surface area contributed by atoms with E-state index in [1.54, 1.807) is 0 Å². The van der Waals surface area contributed by atoms with Crippen LogP contribution in [0.25, 0.3) is 0 Å². The van der Waals surface area contributed by atoms with Gasteiger partial charge >= 0.3 is 0 Å². The molecule has 2 rings (SSSR count). The Balaban J connectivity index is 1.89. The van der Waals surface area contributed by atoms with Crippen molar-refractivity contribution in [1.82, 2.24) is 4.90 Å². The van der Waals surface area contributed by atoms with Crippen LogP contribution in [0.2, 0.25) is 0 Å². The number of carbonyl (C=O) groups excluding carboxylic acids is 1. The van der Waals surface area contributed by atoms with Crippen LogP contribution in [0.15, 0.2) is 22.7 Å². The molecule has 0 aromatic heterocycles. The quantitative estimate of drug-likeness (QED) is 0.783. The summed E-state index contributed by atoms with van der Waals surface area (Å²) in [6.45, 7) is 2.38. The van der Waals surface area contributed by atoms with Gasteiger partial charge in [-0.3, -0.25) is 4.79 Å². The molecular weight excluding hydrogens is 350 g/mol. The van der Waals surface area contributed by atoms with Gasteiger partial charge in [0, 0.05) is 41.8 Å². The Morgan fingerprint density at radius 1 is 1.33 bits per heavy atom. The Kier molecular flexibility index (Phi) is 5.99. The molecule has 1 saturated heterocycles. The fraction of sp³-hybridized carbons (Fsp3) is 0.467. The van der Waals surface area contributed by atoms with Gasteiger partial charge in [-0.25, -0.2) is 0 Å². The zero-order valence-corrected chi connectivity index (χ0v) is 14.3. The van der Waals surface area contributed by atoms with E-state index in [4.69, 9.17) is 18.0 Å². The number of hydrogen-bond acceptors (Lipinski definition) is 3. The van der Waals surface area contributed by atoms with Crippen molar-refractivity contribution in [2.75, 3.05) is 25.0 Å². The normalized spacial score (nSPS) is 14.8. The lowest BCUT2D eigenvalue weighted by Gasteiger charge is -2.26. The molecule has 1 aliphatic heterocycles. The van der Waals surface area contributed by atoms with Crippen LogP contribution in [0, 0.1) is 0 Å². The molecule has 1 aliphatic rings. The van der Waals surface area contributed by atoms with E-state index in [1.807, 2.05) is 23.1 Å². The summed E-state index contributed by atoms with van der Waals surface area (Å²) in [5, 5.41) is 3.26. The van der Waals surface area contributed by atoms with Crippen LogP contribution in [0.5, 0.6) is 0 Å². The van der Waals surface area contributed by atoms with Gasteiger partial charge in [0.1, 0.15) is 4.99 Å². The van der Waals surface area contributed by atoms with Gasteiger partial charge in [0.25, 0.3) is 0 Å². The van der Waals surface area contributed by atoms with Crippen molar-refractivity contribution in [3.63, 3.8) is 0 Å². The number of thiocarbonyl (C=S) groups is 1. The second-order valence-corrected chi connectivity index (χ2v) is 6.53. The van der Waals surface area contributed by atoms with Gasteiger partial charge in [-0.2, -0.15) is 0 Å². The summed E-state index contributed by atoms with van der Waals surface area (Å²) in [5.41, 5.74) is 7.38. The zero-order valence-electron chi connectivity index (χ0n) is 11.9. The first-order valence-corrected chi connectivity index (χ1v) is 8.39. The summed E-state index contributed by atoms with van der Waals surface area (Å²) in [6, 6.07) is 5.71. The van der Waals surface area contributed by atoms with Crippen LogP contribution in [0.3, 0.4) is 0 Å². The molecule has 6 heteroatoms. The molecule has 1 aromatic carbocycles. The molecule has 114 valence electrons. The summed E-state index contributed by atoms with van der Waals surface area (Å²) in [7, 11) is 0. The maximum absolute atomic E-state index is 12.1. The first-order valence-electron chi connectivity index (χ1n) is 7.19. The lowest BCUT2D eigenvalue weighted by atomic mass is 10.1. The molecule has 0 aliphatic carbocycles. The molecule has 0 saturated carbocycles. The molecule has 0 spiro atoms. The van der Waals surface area contributed by atoms with Crippen LogP contribution in [0.4, 0.5) is 5.69 Å². The van der Waals surface area contributed by atoms with E-state index in [9.17, 15) is 4.79 Å². The van der Waals surface area contributed by atoms with E-state index in [0.717, 1.165) is 41.7 Å². The standard InChI is InChI=1S/C15H20BrN3OS/c16-11-4-5-12(15(17)21)13(10-11)18-7-6-14(20)19-8-2-1-3-9-19/h4-5,10,18H,1-3,6-9H2,(H2,17,21). The van der Waals surface area contributed by atoms with Crippen LogP contribution in [-0.4, -0.2) is 35.4 Å². The Morgan fingerprint density at radius 3 is 2.71 bits per heavy atom. The van der Waals surface area contributed by atoms with E-state index in [0.29, 0.717) is 18.0 Å². The first-order chi connectivity index (χ1) is 10.1. The minimum atomic E-state index is 0.217. The number of amides is 1. The average molecular weight is 370 g/mol. The first kappa shape index (κ1) is 16.2. The molecule has 0 unspecified atom stereocenters. The highest BCUT2D eigenvalue weighted by Gasteiger charge is 2.16. The SMILES string of the molecule is NC(=S)c1ccc(Br)cc1NCCC(=O)N1CCCCC1. The topological polar surface area (TPSA) is 58.4 Å². The summed E-state index contributed by atoms with van der Waals surface area (Å²) >= 11 is 8.47. The second kappa shape index (κ2) is 7.75. The van der Waals surface area contributed by atoms with Crippen molar-refractivity contribution < 1.29 is 4.79 Å². The molecule has 1 aromatic rings. The molecule has 4 nitrogen and oxygen atoms in total. The minimum absolute atomic E-state index is 0.217. The van der Waals surface area contributed by atoms with E-state index in [1.165, 1.54) is 6.42 Å². The number of nitrogens with one attached hydrogen (secondary N) is 1. The van der Waals surface area contributed by atoms with Gasteiger partial charge in [-0.05, 0) is 37.5 Å². The second-order valence-electron chi connectivity index (χ2n) is 5.17. The van der Waals surface area contributed by atoms with Crippen molar-refractivity contribution in [1.29, 1.82) is 0 Å². The number of piperidine rings is 1. The number of likely N-dealkylation sites (tertiary alicyclic amines) is 1. The molecule has 1 fully saturated rings. The summed E-state index contributed by atoms with van der Waals surface area (Å²) in [4.78, 5) is 14.4. The average Bonchev–Trinajstić information content (AvgIpc) is 2.48. The zero-order chi connectivity index (χ0) is 15.2. The number of carbonyl (C=O) groups is 1. The fourth-order valence-corrected chi connectivity index (χ4v) is 3.02. The van der Waals surface area contributed by atoms with Gasteiger partial charge in [0.05, 0.1) is 0 Å². The third-order valence-electron chi connectivity index (χ3n) is 3.61. The molecule has 1 heterocycles. The summed E-state index contributed by atoms with van der Waals surface area (Å²) in [5.74, 6) is 0.217. The summed E-state index contributed by atoms with van der Waals surface area (Å²) < 4.78 is 0.951. The van der Waals surface area contributed by atoms with Crippen molar-refractivity contribution in [2.24, 2.45) is 5.73 Å². The monoisotopic (exact) mass is 369 g/mol. The van der Waals surface area contributed by atoms with Crippen LogP contribution >= 0.6 is 28.1 Å². The van der Waals surface area contributed by atoms with E-state index in [2.05, 4.69) is 21.2 Å². The smallest absolute Gasteiger partial charge is 0.224 e. The Morgan fingerprint density at radius 2 is 2.05 bits per heavy atom. The molecule has 0 atom stereocenters. The van der Waals surface area contributed by atoms with E-state index < -0.39 is 0 Å². The van der Waals surface area contributed by atoms with Crippen LogP contribution < -0.4 is 11.1 Å². The number of hydrogen-bond donors (Lipinski definition) is 2. The van der Waals surface area contributed by atoms with Crippen molar-refractivity contribution >= 4 is 44.7 Å². The molecular formula is C15H20BrN3OS. The fourth-order valence-electron chi connectivity index (χ4n) is 2.48. The predicted molar refractivity (Wildman–Crippen MR) is 93.6 cm³/mol. The number of anilines is 1. The maximum atomic E-state index is 12.1. The molecule has 0 bridgehead atoms. The third-order valence-corrected chi connectivity index (χ3v) is 4.32. The highest BCUT2D eigenvalue weighted by Crippen LogP contribution is 2.21. The minimum Gasteiger partial charge on any atom is -0.389 e. The number of nitrogens with two attached hydrogens (primary N) is 1. The highest BCUT2D eigenvalue weighted by molar-refractivity contribution is 9.10. The maximum Gasteiger partial charge on any atom is 0.224 e. The Bertz CT molecular complexity index is 530. The lowest BCUT2D eigenvalue weighted by molar-refractivity contribution is -0.131. The molecule has 3 N–H and O–H groups in total. The number of halogens is 1. The van der Waals surface area contributed by atoms with Crippen molar-refractivity contribution in [2.45, 2.75) is 25.7 Å². The predicted octanol–water partition coefficient (Wildman–Crippen LogP) is 2.90. The Labute approximate surface area is 139 Å². The van der Waals surface area contributed by atoms with Gasteiger partial charge in [-0.15, -0.1) is 0 Å². The Hall–Kier alpha value is -1.14. The number of benzene rings is 1. The lowest BCUT2D eigenvalue weighted by Crippen LogP contribution is -2.36. The van der Waals surface area contributed by atoms with Crippen molar-refractivity contribution in [3.05, 3.63) is 28.2 Å². The van der Waals surface area contributed by atoms with Gasteiger partial charge in [-0.1, -0.05) is 28.1 Å².